The normalized spacial score (nSPS) is 24.4. The average Bonchev–Trinajstić information content (AvgIpc) is 2.15. The van der Waals surface area contributed by atoms with Crippen molar-refractivity contribution in [3.8, 4) is 0 Å². The van der Waals surface area contributed by atoms with Gasteiger partial charge in [-0.2, -0.15) is 0 Å². The van der Waals surface area contributed by atoms with E-state index in [-0.39, 0.29) is 12.8 Å². The summed E-state index contributed by atoms with van der Waals surface area (Å²) in [5.74, 6) is -1.49. The first-order valence-corrected chi connectivity index (χ1v) is 5.75. The molecule has 0 aliphatic carbocycles. The minimum Gasteiger partial charge on any atom is -0.330 e. The number of likely N-dealkylation sites (tertiary alicyclic amines) is 1. The zero-order valence-electron chi connectivity index (χ0n) is 9.68. The summed E-state index contributed by atoms with van der Waals surface area (Å²) in [6.07, 6.45) is 0.00474. The molecule has 0 amide bonds. The lowest BCUT2D eigenvalue weighted by molar-refractivity contribution is -0.0580. The van der Waals surface area contributed by atoms with E-state index >= 15 is 0 Å². The Morgan fingerprint density at radius 3 is 2.20 bits per heavy atom. The minimum absolute atomic E-state index is 0.00237. The highest BCUT2D eigenvalue weighted by atomic mass is 19.3. The molecule has 0 saturated carbocycles. The van der Waals surface area contributed by atoms with Crippen molar-refractivity contribution in [3.63, 3.8) is 0 Å². The zero-order valence-corrected chi connectivity index (χ0v) is 9.68. The molecule has 0 bridgehead atoms. The van der Waals surface area contributed by atoms with Crippen molar-refractivity contribution in [2.75, 3.05) is 26.2 Å². The number of piperidine rings is 1. The molecule has 1 fully saturated rings. The smallest absolute Gasteiger partial charge is 0.250 e. The number of nitrogens with two attached hydrogens (primary N) is 1. The van der Waals surface area contributed by atoms with Crippen LogP contribution in [0.25, 0.3) is 0 Å². The van der Waals surface area contributed by atoms with E-state index in [0.29, 0.717) is 31.5 Å². The first-order chi connectivity index (χ1) is 6.94. The molecule has 0 radical (unpaired) electrons. The summed E-state index contributed by atoms with van der Waals surface area (Å²) in [4.78, 5) is 2.12. The Morgan fingerprint density at radius 1 is 1.27 bits per heavy atom. The van der Waals surface area contributed by atoms with Gasteiger partial charge in [-0.1, -0.05) is 13.8 Å². The molecule has 1 rings (SSSR count). The number of rotatable bonds is 4. The van der Waals surface area contributed by atoms with Crippen LogP contribution < -0.4 is 5.73 Å². The van der Waals surface area contributed by atoms with Crippen molar-refractivity contribution in [1.82, 2.24) is 4.90 Å². The van der Waals surface area contributed by atoms with Crippen LogP contribution in [0.4, 0.5) is 8.78 Å². The van der Waals surface area contributed by atoms with Gasteiger partial charge in [0.05, 0.1) is 0 Å². The molecule has 0 spiro atoms. The van der Waals surface area contributed by atoms with Gasteiger partial charge < -0.3 is 10.6 Å². The Labute approximate surface area is 90.8 Å². The maximum Gasteiger partial charge on any atom is 0.250 e. The zero-order chi connectivity index (χ0) is 11.5. The molecule has 4 heteroatoms. The van der Waals surface area contributed by atoms with Crippen LogP contribution in [0.1, 0.15) is 26.7 Å². The molecule has 2 N–H and O–H groups in total. The molecule has 90 valence electrons. The summed E-state index contributed by atoms with van der Waals surface area (Å²) in [5.41, 5.74) is 5.67. The fourth-order valence-electron chi connectivity index (χ4n) is 1.95. The SMILES string of the molecule is CC(C)C(CN)CN1CCC(F)(F)CC1. The van der Waals surface area contributed by atoms with Crippen LogP contribution in [0.5, 0.6) is 0 Å². The van der Waals surface area contributed by atoms with Crippen LogP contribution in [0.15, 0.2) is 0 Å². The summed E-state index contributed by atoms with van der Waals surface area (Å²) in [6, 6.07) is 0. The Kier molecular flexibility index (Phi) is 4.46. The highest BCUT2D eigenvalue weighted by molar-refractivity contribution is 4.79. The number of halogens is 2. The highest BCUT2D eigenvalue weighted by Gasteiger charge is 2.34. The van der Waals surface area contributed by atoms with Gasteiger partial charge in [0, 0.05) is 32.5 Å². The van der Waals surface area contributed by atoms with Crippen molar-refractivity contribution >= 4 is 0 Å². The van der Waals surface area contributed by atoms with Gasteiger partial charge in [-0.05, 0) is 18.4 Å². The topological polar surface area (TPSA) is 29.3 Å². The van der Waals surface area contributed by atoms with Gasteiger partial charge in [0.25, 0.3) is 5.92 Å². The van der Waals surface area contributed by atoms with Gasteiger partial charge in [0.1, 0.15) is 0 Å². The van der Waals surface area contributed by atoms with Crippen LogP contribution in [0.3, 0.4) is 0 Å². The van der Waals surface area contributed by atoms with Crippen molar-refractivity contribution in [3.05, 3.63) is 0 Å². The van der Waals surface area contributed by atoms with Gasteiger partial charge in [0.2, 0.25) is 0 Å². The maximum atomic E-state index is 12.9. The van der Waals surface area contributed by atoms with E-state index in [1.165, 1.54) is 0 Å². The van der Waals surface area contributed by atoms with Gasteiger partial charge in [0.15, 0.2) is 0 Å². The number of nitrogens with zero attached hydrogens (tertiary/aromatic N) is 1. The van der Waals surface area contributed by atoms with Crippen LogP contribution in [0.2, 0.25) is 0 Å². The van der Waals surface area contributed by atoms with E-state index in [1.807, 2.05) is 0 Å². The second kappa shape index (κ2) is 5.21. The first-order valence-electron chi connectivity index (χ1n) is 5.75. The Morgan fingerprint density at radius 2 is 1.80 bits per heavy atom. The van der Waals surface area contributed by atoms with Crippen molar-refractivity contribution < 1.29 is 8.78 Å². The molecule has 1 atom stereocenters. The molecular weight excluding hydrogens is 198 g/mol. The standard InChI is InChI=1S/C11H22F2N2/c1-9(2)10(7-14)8-15-5-3-11(12,13)4-6-15/h9-10H,3-8,14H2,1-2H3. The summed E-state index contributed by atoms with van der Waals surface area (Å²) in [5, 5.41) is 0. The maximum absolute atomic E-state index is 12.9. The molecule has 1 aliphatic rings. The molecule has 1 aliphatic heterocycles. The van der Waals surface area contributed by atoms with Gasteiger partial charge in [-0.15, -0.1) is 0 Å². The molecular formula is C11H22F2N2. The number of hydrogen-bond acceptors (Lipinski definition) is 2. The van der Waals surface area contributed by atoms with E-state index in [9.17, 15) is 8.78 Å². The lowest BCUT2D eigenvalue weighted by Gasteiger charge is -2.34. The van der Waals surface area contributed by atoms with E-state index in [1.54, 1.807) is 0 Å². The molecule has 0 aromatic rings. The van der Waals surface area contributed by atoms with Gasteiger partial charge in [-0.25, -0.2) is 8.78 Å². The fourth-order valence-corrected chi connectivity index (χ4v) is 1.95. The van der Waals surface area contributed by atoms with Crippen molar-refractivity contribution in [2.45, 2.75) is 32.6 Å². The third-order valence-electron chi connectivity index (χ3n) is 3.33. The predicted molar refractivity (Wildman–Crippen MR) is 58.0 cm³/mol. The van der Waals surface area contributed by atoms with Crippen LogP contribution in [0, 0.1) is 11.8 Å². The molecule has 1 unspecified atom stereocenters. The number of hydrogen-bond donors (Lipinski definition) is 1. The van der Waals surface area contributed by atoms with E-state index < -0.39 is 5.92 Å². The van der Waals surface area contributed by atoms with Crippen molar-refractivity contribution in [2.24, 2.45) is 17.6 Å². The second-order valence-corrected chi connectivity index (χ2v) is 4.90. The van der Waals surface area contributed by atoms with Gasteiger partial charge >= 0.3 is 0 Å². The van der Waals surface area contributed by atoms with Gasteiger partial charge in [-0.3, -0.25) is 0 Å². The van der Waals surface area contributed by atoms with E-state index in [2.05, 4.69) is 18.7 Å². The second-order valence-electron chi connectivity index (χ2n) is 4.90. The largest absolute Gasteiger partial charge is 0.330 e. The van der Waals surface area contributed by atoms with E-state index in [0.717, 1.165) is 6.54 Å². The van der Waals surface area contributed by atoms with Crippen molar-refractivity contribution in [1.29, 1.82) is 0 Å². The lowest BCUT2D eigenvalue weighted by Crippen LogP contribution is -2.43. The van der Waals surface area contributed by atoms with E-state index in [4.69, 9.17) is 5.73 Å². The molecule has 15 heavy (non-hydrogen) atoms. The summed E-state index contributed by atoms with van der Waals surface area (Å²) >= 11 is 0. The fraction of sp³-hybridized carbons (Fsp3) is 1.00. The monoisotopic (exact) mass is 220 g/mol. The minimum atomic E-state index is -2.44. The third-order valence-corrected chi connectivity index (χ3v) is 3.33. The molecule has 1 saturated heterocycles. The molecule has 0 aromatic heterocycles. The quantitative estimate of drug-likeness (QED) is 0.784. The molecule has 2 nitrogen and oxygen atoms in total. The number of alkyl halides is 2. The van der Waals surface area contributed by atoms with Crippen LogP contribution >= 0.6 is 0 Å². The highest BCUT2D eigenvalue weighted by Crippen LogP contribution is 2.28. The predicted octanol–water partition coefficient (Wildman–Crippen LogP) is 1.95. The Balaban J connectivity index is 2.34. The Bertz CT molecular complexity index is 185. The summed E-state index contributed by atoms with van der Waals surface area (Å²) in [7, 11) is 0. The Hall–Kier alpha value is -0.220. The molecule has 0 aromatic carbocycles. The van der Waals surface area contributed by atoms with Crippen LogP contribution in [-0.4, -0.2) is 37.0 Å². The third kappa shape index (κ3) is 4.03. The summed E-state index contributed by atoms with van der Waals surface area (Å²) in [6.45, 7) is 6.80. The average molecular weight is 220 g/mol. The summed E-state index contributed by atoms with van der Waals surface area (Å²) < 4.78 is 25.8. The first kappa shape index (κ1) is 12.8. The lowest BCUT2D eigenvalue weighted by atomic mass is 9.94. The molecule has 1 heterocycles. The van der Waals surface area contributed by atoms with Crippen LogP contribution in [-0.2, 0) is 0 Å².